The minimum Gasteiger partial charge on any atom is -0.361 e. The van der Waals surface area contributed by atoms with Gasteiger partial charge in [0.2, 0.25) is 5.91 Å². The minimum absolute atomic E-state index is 0.157. The maximum absolute atomic E-state index is 14.2. The predicted molar refractivity (Wildman–Crippen MR) is 75.5 cm³/mol. The van der Waals surface area contributed by atoms with Crippen molar-refractivity contribution < 1.29 is 18.1 Å². The summed E-state index contributed by atoms with van der Waals surface area (Å²) >= 11 is 0. The fourth-order valence-corrected chi connectivity index (χ4v) is 3.79. The summed E-state index contributed by atoms with van der Waals surface area (Å²) in [7, 11) is 1.68. The van der Waals surface area contributed by atoms with Gasteiger partial charge in [-0.15, -0.1) is 0 Å². The third kappa shape index (κ3) is 2.51. The van der Waals surface area contributed by atoms with Crippen molar-refractivity contribution in [3.8, 4) is 0 Å². The molecule has 7 heteroatoms. The van der Waals surface area contributed by atoms with E-state index in [-0.39, 0.29) is 18.9 Å². The summed E-state index contributed by atoms with van der Waals surface area (Å²) < 4.78 is 33.6. The predicted octanol–water partition coefficient (Wildman–Crippen LogP) is 1.98. The fourth-order valence-electron chi connectivity index (χ4n) is 3.79. The van der Waals surface area contributed by atoms with Crippen LogP contribution in [0.3, 0.4) is 0 Å². The Bertz CT molecular complexity index is 582. The lowest BCUT2D eigenvalue weighted by Gasteiger charge is -2.42. The number of hydrogen-bond acceptors (Lipinski definition) is 4. The zero-order chi connectivity index (χ0) is 16.1. The van der Waals surface area contributed by atoms with E-state index in [1.807, 2.05) is 0 Å². The maximum Gasteiger partial charge on any atom is 0.261 e. The molecule has 2 fully saturated rings. The van der Waals surface area contributed by atoms with Crippen LogP contribution in [-0.2, 0) is 11.3 Å². The van der Waals surface area contributed by atoms with Crippen molar-refractivity contribution in [3.05, 3.63) is 17.0 Å². The Kier molecular flexibility index (Phi) is 3.51. The van der Waals surface area contributed by atoms with E-state index < -0.39 is 11.3 Å². The van der Waals surface area contributed by atoms with Gasteiger partial charge in [-0.1, -0.05) is 5.16 Å². The number of hydrogen-bond donors (Lipinski definition) is 0. The number of amides is 1. The van der Waals surface area contributed by atoms with Crippen molar-refractivity contribution in [1.29, 1.82) is 0 Å². The SMILES string of the molecule is Cc1noc(C)c1CN1CC(F)(F)C[C@@]2(CCN(C)C2=O)C1. The number of piperidine rings is 1. The number of rotatable bonds is 2. The van der Waals surface area contributed by atoms with Crippen LogP contribution in [0.15, 0.2) is 4.52 Å². The smallest absolute Gasteiger partial charge is 0.261 e. The molecule has 0 aromatic carbocycles. The van der Waals surface area contributed by atoms with Crippen molar-refractivity contribution in [2.45, 2.75) is 39.2 Å². The topological polar surface area (TPSA) is 49.6 Å². The lowest BCUT2D eigenvalue weighted by molar-refractivity contribution is -0.154. The molecule has 0 radical (unpaired) electrons. The summed E-state index contributed by atoms with van der Waals surface area (Å²) in [6.45, 7) is 4.52. The van der Waals surface area contributed by atoms with Crippen molar-refractivity contribution in [1.82, 2.24) is 15.0 Å². The van der Waals surface area contributed by atoms with E-state index in [4.69, 9.17) is 4.52 Å². The molecule has 0 saturated carbocycles. The second-order valence-corrected chi connectivity index (χ2v) is 6.74. The van der Waals surface area contributed by atoms with E-state index in [1.54, 1.807) is 30.7 Å². The van der Waals surface area contributed by atoms with Crippen LogP contribution in [-0.4, -0.2) is 53.5 Å². The third-order valence-corrected chi connectivity index (χ3v) is 4.87. The first kappa shape index (κ1) is 15.4. The lowest BCUT2D eigenvalue weighted by Crippen LogP contribution is -2.55. The van der Waals surface area contributed by atoms with Gasteiger partial charge in [0.25, 0.3) is 5.92 Å². The lowest BCUT2D eigenvalue weighted by atomic mass is 9.77. The molecule has 1 atom stereocenters. The number of carbonyl (C=O) groups is 1. The van der Waals surface area contributed by atoms with Crippen molar-refractivity contribution in [2.24, 2.45) is 5.41 Å². The van der Waals surface area contributed by atoms with Gasteiger partial charge in [0, 0.05) is 38.7 Å². The van der Waals surface area contributed by atoms with Crippen LogP contribution in [0.4, 0.5) is 8.78 Å². The average molecular weight is 313 g/mol. The van der Waals surface area contributed by atoms with Gasteiger partial charge >= 0.3 is 0 Å². The van der Waals surface area contributed by atoms with Gasteiger partial charge < -0.3 is 9.42 Å². The summed E-state index contributed by atoms with van der Waals surface area (Å²) in [6.07, 6.45) is 0.150. The molecule has 1 amide bonds. The molecule has 122 valence electrons. The molecule has 1 aromatic rings. The summed E-state index contributed by atoms with van der Waals surface area (Å²) in [5.41, 5.74) is 0.608. The number of aromatic nitrogens is 1. The average Bonchev–Trinajstić information content (AvgIpc) is 2.86. The highest BCUT2D eigenvalue weighted by Gasteiger charge is 2.56. The van der Waals surface area contributed by atoms with Gasteiger partial charge in [-0.3, -0.25) is 9.69 Å². The summed E-state index contributed by atoms with van der Waals surface area (Å²) in [6, 6.07) is 0. The summed E-state index contributed by atoms with van der Waals surface area (Å²) in [5.74, 6) is -2.36. The van der Waals surface area contributed by atoms with Crippen LogP contribution in [0.2, 0.25) is 0 Å². The molecule has 0 aliphatic carbocycles. The molecular formula is C15H21F2N3O2. The fraction of sp³-hybridized carbons (Fsp3) is 0.733. The third-order valence-electron chi connectivity index (χ3n) is 4.87. The number of nitrogens with zero attached hydrogens (tertiary/aromatic N) is 3. The van der Waals surface area contributed by atoms with Crippen molar-refractivity contribution >= 4 is 5.91 Å². The maximum atomic E-state index is 14.2. The Morgan fingerprint density at radius 1 is 1.32 bits per heavy atom. The minimum atomic E-state index is -2.85. The van der Waals surface area contributed by atoms with E-state index in [0.29, 0.717) is 31.8 Å². The molecule has 3 rings (SSSR count). The number of aryl methyl sites for hydroxylation is 2. The van der Waals surface area contributed by atoms with E-state index in [1.165, 1.54) is 0 Å². The molecule has 2 aliphatic heterocycles. The summed E-state index contributed by atoms with van der Waals surface area (Å²) in [5, 5.41) is 3.87. The number of likely N-dealkylation sites (tertiary alicyclic amines) is 2. The normalized spacial score (nSPS) is 28.8. The molecule has 3 heterocycles. The van der Waals surface area contributed by atoms with E-state index in [2.05, 4.69) is 5.16 Å². The Morgan fingerprint density at radius 3 is 2.59 bits per heavy atom. The largest absolute Gasteiger partial charge is 0.361 e. The van der Waals surface area contributed by atoms with Gasteiger partial charge in [0.15, 0.2) is 0 Å². The second-order valence-electron chi connectivity index (χ2n) is 6.74. The first-order valence-electron chi connectivity index (χ1n) is 7.50. The number of carbonyl (C=O) groups excluding carboxylic acids is 1. The second kappa shape index (κ2) is 5.01. The van der Waals surface area contributed by atoms with Gasteiger partial charge in [-0.05, 0) is 20.3 Å². The van der Waals surface area contributed by atoms with Crippen molar-refractivity contribution in [2.75, 3.05) is 26.7 Å². The highest BCUT2D eigenvalue weighted by molar-refractivity contribution is 5.85. The van der Waals surface area contributed by atoms with Crippen LogP contribution < -0.4 is 0 Å². The summed E-state index contributed by atoms with van der Waals surface area (Å²) in [4.78, 5) is 15.6. The molecular weight excluding hydrogens is 292 g/mol. The monoisotopic (exact) mass is 313 g/mol. The first-order valence-corrected chi connectivity index (χ1v) is 7.50. The molecule has 0 N–H and O–H groups in total. The Hall–Kier alpha value is -1.50. The van der Waals surface area contributed by atoms with Gasteiger partial charge in [-0.25, -0.2) is 8.78 Å². The molecule has 22 heavy (non-hydrogen) atoms. The molecule has 1 aromatic heterocycles. The quantitative estimate of drug-likeness (QED) is 0.838. The standard InChI is InChI=1S/C15H21F2N3O2/c1-10-12(11(2)22-18-10)6-20-8-14(7-15(16,17)9-20)4-5-19(3)13(14)21/h4-9H2,1-3H3/t14-/m0/s1. The van der Waals surface area contributed by atoms with Crippen LogP contribution >= 0.6 is 0 Å². The first-order chi connectivity index (χ1) is 10.2. The van der Waals surface area contributed by atoms with Crippen LogP contribution in [0.5, 0.6) is 0 Å². The molecule has 0 bridgehead atoms. The molecule has 0 unspecified atom stereocenters. The van der Waals surface area contributed by atoms with E-state index >= 15 is 0 Å². The van der Waals surface area contributed by atoms with Crippen LogP contribution in [0.1, 0.15) is 29.9 Å². The molecule has 2 aliphatic rings. The molecule has 2 saturated heterocycles. The molecule has 5 nitrogen and oxygen atoms in total. The number of alkyl halides is 2. The van der Waals surface area contributed by atoms with Crippen LogP contribution in [0, 0.1) is 19.3 Å². The molecule has 1 spiro atoms. The van der Waals surface area contributed by atoms with E-state index in [0.717, 1.165) is 11.3 Å². The van der Waals surface area contributed by atoms with Crippen molar-refractivity contribution in [3.63, 3.8) is 0 Å². The highest BCUT2D eigenvalue weighted by Crippen LogP contribution is 2.45. The highest BCUT2D eigenvalue weighted by atomic mass is 19.3. The van der Waals surface area contributed by atoms with Gasteiger partial charge in [0.1, 0.15) is 5.76 Å². The van der Waals surface area contributed by atoms with E-state index in [9.17, 15) is 13.6 Å². The van der Waals surface area contributed by atoms with Gasteiger partial charge in [-0.2, -0.15) is 0 Å². The Labute approximate surface area is 128 Å². The van der Waals surface area contributed by atoms with Crippen LogP contribution in [0.25, 0.3) is 0 Å². The zero-order valence-electron chi connectivity index (χ0n) is 13.2. The Balaban J connectivity index is 1.85. The zero-order valence-corrected chi connectivity index (χ0v) is 13.2. The van der Waals surface area contributed by atoms with Gasteiger partial charge in [0.05, 0.1) is 17.7 Å². The number of halogens is 2. The Morgan fingerprint density at radius 2 is 2.05 bits per heavy atom.